The van der Waals surface area contributed by atoms with E-state index in [2.05, 4.69) is 18.7 Å². The molecular weight excluding hydrogens is 190 g/mol. The van der Waals surface area contributed by atoms with Crippen LogP contribution >= 0.6 is 0 Å². The van der Waals surface area contributed by atoms with E-state index in [0.717, 1.165) is 32.2 Å². The third kappa shape index (κ3) is 3.44. The van der Waals surface area contributed by atoms with Gasteiger partial charge in [-0.1, -0.05) is 0 Å². The van der Waals surface area contributed by atoms with E-state index in [1.165, 1.54) is 19.4 Å². The van der Waals surface area contributed by atoms with Crippen molar-refractivity contribution in [3.05, 3.63) is 0 Å². The normalized spacial score (nSPS) is 33.0. The van der Waals surface area contributed by atoms with Gasteiger partial charge in [0.1, 0.15) is 0 Å². The van der Waals surface area contributed by atoms with Gasteiger partial charge in [-0.05, 0) is 32.6 Å². The van der Waals surface area contributed by atoms with Gasteiger partial charge < -0.3 is 9.47 Å². The Morgan fingerprint density at radius 1 is 1.27 bits per heavy atom. The van der Waals surface area contributed by atoms with Crippen molar-refractivity contribution in [3.8, 4) is 0 Å². The van der Waals surface area contributed by atoms with Crippen LogP contribution in [0.5, 0.6) is 0 Å². The summed E-state index contributed by atoms with van der Waals surface area (Å²) in [6.07, 6.45) is 3.45. The number of nitrogens with zero attached hydrogens (tertiary/aromatic N) is 1. The van der Waals surface area contributed by atoms with Crippen molar-refractivity contribution < 1.29 is 9.47 Å². The Hall–Kier alpha value is -0.120. The molecule has 0 radical (unpaired) electrons. The van der Waals surface area contributed by atoms with Crippen LogP contribution in [-0.4, -0.2) is 50.0 Å². The monoisotopic (exact) mass is 213 g/mol. The fourth-order valence-corrected chi connectivity index (χ4v) is 2.47. The predicted octanol–water partition coefficient (Wildman–Crippen LogP) is 1.52. The van der Waals surface area contributed by atoms with E-state index in [1.54, 1.807) is 0 Å². The van der Waals surface area contributed by atoms with E-state index in [-0.39, 0.29) is 0 Å². The first-order chi connectivity index (χ1) is 7.24. The number of rotatable bonds is 4. The highest BCUT2D eigenvalue weighted by Gasteiger charge is 2.31. The Kier molecular flexibility index (Phi) is 4.00. The van der Waals surface area contributed by atoms with E-state index >= 15 is 0 Å². The van der Waals surface area contributed by atoms with Gasteiger partial charge in [-0.25, -0.2) is 0 Å². The Balaban J connectivity index is 1.58. The maximum Gasteiger partial charge on any atom is 0.0594 e. The molecule has 0 N–H and O–H groups in total. The van der Waals surface area contributed by atoms with Crippen LogP contribution in [0.2, 0.25) is 0 Å². The molecule has 3 nitrogen and oxygen atoms in total. The van der Waals surface area contributed by atoms with Gasteiger partial charge in [0.25, 0.3) is 0 Å². The molecule has 0 bridgehead atoms. The Morgan fingerprint density at radius 2 is 1.93 bits per heavy atom. The lowest BCUT2D eigenvalue weighted by atomic mass is 9.81. The fourth-order valence-electron chi connectivity index (χ4n) is 2.47. The highest BCUT2D eigenvalue weighted by atomic mass is 16.5. The van der Waals surface area contributed by atoms with Crippen molar-refractivity contribution in [2.75, 3.05) is 32.8 Å². The maximum absolute atomic E-state index is 5.76. The molecule has 2 aliphatic rings. The van der Waals surface area contributed by atoms with Crippen LogP contribution in [-0.2, 0) is 9.47 Å². The fraction of sp³-hybridized carbons (Fsp3) is 1.00. The summed E-state index contributed by atoms with van der Waals surface area (Å²) in [7, 11) is 0. The zero-order valence-electron chi connectivity index (χ0n) is 9.95. The van der Waals surface area contributed by atoms with Crippen molar-refractivity contribution in [2.24, 2.45) is 5.92 Å². The SMILES string of the molecule is CC(C)OC1CC(CN2CCOCC2)C1. The lowest BCUT2D eigenvalue weighted by Crippen LogP contribution is -2.44. The molecule has 2 rings (SSSR count). The first-order valence-corrected chi connectivity index (χ1v) is 6.19. The van der Waals surface area contributed by atoms with E-state index in [1.807, 2.05) is 0 Å². The number of morpholine rings is 1. The van der Waals surface area contributed by atoms with Crippen LogP contribution in [0.15, 0.2) is 0 Å². The molecule has 0 atom stereocenters. The first kappa shape index (κ1) is 11.4. The second-order valence-corrected chi connectivity index (χ2v) is 5.06. The summed E-state index contributed by atoms with van der Waals surface area (Å²) >= 11 is 0. The van der Waals surface area contributed by atoms with Gasteiger partial charge in [0.2, 0.25) is 0 Å². The molecule has 0 aromatic heterocycles. The number of hydrogen-bond acceptors (Lipinski definition) is 3. The number of hydrogen-bond donors (Lipinski definition) is 0. The summed E-state index contributed by atoms with van der Waals surface area (Å²) in [5, 5.41) is 0. The molecule has 0 aromatic rings. The molecular formula is C12H23NO2. The summed E-state index contributed by atoms with van der Waals surface area (Å²) in [5.74, 6) is 0.867. The standard InChI is InChI=1S/C12H23NO2/c1-10(2)15-12-7-11(8-12)9-13-3-5-14-6-4-13/h10-12H,3-9H2,1-2H3. The molecule has 0 aromatic carbocycles. The molecule has 1 saturated carbocycles. The summed E-state index contributed by atoms with van der Waals surface area (Å²) in [4.78, 5) is 2.53. The number of ether oxygens (including phenoxy) is 2. The Labute approximate surface area is 92.7 Å². The second kappa shape index (κ2) is 5.28. The van der Waals surface area contributed by atoms with Crippen molar-refractivity contribution in [1.82, 2.24) is 4.90 Å². The largest absolute Gasteiger partial charge is 0.379 e. The van der Waals surface area contributed by atoms with Crippen molar-refractivity contribution in [1.29, 1.82) is 0 Å². The average molecular weight is 213 g/mol. The third-order valence-corrected chi connectivity index (χ3v) is 3.28. The molecule has 0 amide bonds. The van der Waals surface area contributed by atoms with Gasteiger partial charge >= 0.3 is 0 Å². The van der Waals surface area contributed by atoms with Crippen LogP contribution in [0.25, 0.3) is 0 Å². The van der Waals surface area contributed by atoms with Gasteiger partial charge in [0, 0.05) is 19.6 Å². The van der Waals surface area contributed by atoms with Crippen molar-refractivity contribution in [2.45, 2.75) is 38.9 Å². The predicted molar refractivity (Wildman–Crippen MR) is 60.0 cm³/mol. The molecule has 88 valence electrons. The minimum absolute atomic E-state index is 0.388. The molecule has 1 aliphatic heterocycles. The van der Waals surface area contributed by atoms with E-state index in [4.69, 9.17) is 9.47 Å². The van der Waals surface area contributed by atoms with E-state index < -0.39 is 0 Å². The van der Waals surface area contributed by atoms with Gasteiger partial charge in [0.15, 0.2) is 0 Å². The smallest absolute Gasteiger partial charge is 0.0594 e. The lowest BCUT2D eigenvalue weighted by Gasteiger charge is -2.40. The summed E-state index contributed by atoms with van der Waals surface area (Å²) in [5.41, 5.74) is 0. The molecule has 1 heterocycles. The summed E-state index contributed by atoms with van der Waals surface area (Å²) in [6, 6.07) is 0. The van der Waals surface area contributed by atoms with E-state index in [9.17, 15) is 0 Å². The topological polar surface area (TPSA) is 21.7 Å². The zero-order chi connectivity index (χ0) is 10.7. The average Bonchev–Trinajstić information content (AvgIpc) is 2.15. The van der Waals surface area contributed by atoms with Gasteiger partial charge in [-0.2, -0.15) is 0 Å². The summed E-state index contributed by atoms with van der Waals surface area (Å²) < 4.78 is 11.1. The quantitative estimate of drug-likeness (QED) is 0.707. The van der Waals surface area contributed by atoms with Crippen LogP contribution < -0.4 is 0 Å². The minimum atomic E-state index is 0.388. The molecule has 1 saturated heterocycles. The Morgan fingerprint density at radius 3 is 2.53 bits per heavy atom. The van der Waals surface area contributed by atoms with Gasteiger partial charge in [-0.3, -0.25) is 4.90 Å². The third-order valence-electron chi connectivity index (χ3n) is 3.28. The molecule has 1 aliphatic carbocycles. The van der Waals surface area contributed by atoms with Crippen LogP contribution in [0.3, 0.4) is 0 Å². The van der Waals surface area contributed by atoms with Crippen molar-refractivity contribution in [3.63, 3.8) is 0 Å². The molecule has 0 unspecified atom stereocenters. The molecule has 0 spiro atoms. The zero-order valence-corrected chi connectivity index (χ0v) is 9.95. The second-order valence-electron chi connectivity index (χ2n) is 5.06. The molecule has 3 heteroatoms. The molecule has 15 heavy (non-hydrogen) atoms. The maximum atomic E-state index is 5.76. The van der Waals surface area contributed by atoms with Crippen molar-refractivity contribution >= 4 is 0 Å². The highest BCUT2D eigenvalue weighted by molar-refractivity contribution is 4.83. The summed E-state index contributed by atoms with van der Waals surface area (Å²) in [6.45, 7) is 9.56. The van der Waals surface area contributed by atoms with E-state index in [0.29, 0.717) is 12.2 Å². The van der Waals surface area contributed by atoms with Crippen LogP contribution in [0.1, 0.15) is 26.7 Å². The van der Waals surface area contributed by atoms with Crippen LogP contribution in [0, 0.1) is 5.92 Å². The van der Waals surface area contributed by atoms with Gasteiger partial charge in [-0.15, -0.1) is 0 Å². The highest BCUT2D eigenvalue weighted by Crippen LogP contribution is 2.31. The van der Waals surface area contributed by atoms with Crippen LogP contribution in [0.4, 0.5) is 0 Å². The Bertz CT molecular complexity index is 184. The van der Waals surface area contributed by atoms with Gasteiger partial charge in [0.05, 0.1) is 25.4 Å². The lowest BCUT2D eigenvalue weighted by molar-refractivity contribution is -0.0731. The molecule has 2 fully saturated rings. The first-order valence-electron chi connectivity index (χ1n) is 6.19. The minimum Gasteiger partial charge on any atom is -0.379 e.